The minimum atomic E-state index is -1.15. The van der Waals surface area contributed by atoms with Crippen LogP contribution in [0.15, 0.2) is 91.0 Å². The molecule has 0 amide bonds. The topological polar surface area (TPSA) is 65.0 Å². The molecule has 3 aromatic rings. The van der Waals surface area contributed by atoms with E-state index in [4.69, 9.17) is 14.2 Å². The highest BCUT2D eigenvalue weighted by atomic mass is 16.6. The molecule has 0 aliphatic rings. The summed E-state index contributed by atoms with van der Waals surface area (Å²) in [7, 11) is 0. The third-order valence-corrected chi connectivity index (χ3v) is 4.55. The first-order valence-corrected chi connectivity index (χ1v) is 9.88. The van der Waals surface area contributed by atoms with Crippen LogP contribution in [0.5, 0.6) is 0 Å². The molecule has 0 radical (unpaired) electrons. The number of hydrogen-bond acceptors (Lipinski definition) is 4. The van der Waals surface area contributed by atoms with Gasteiger partial charge in [0.25, 0.3) is 0 Å². The van der Waals surface area contributed by atoms with E-state index in [2.05, 4.69) is 0 Å². The fourth-order valence-electron chi connectivity index (χ4n) is 2.97. The Hall–Kier alpha value is -2.99. The Morgan fingerprint density at radius 1 is 0.667 bits per heavy atom. The Balaban J connectivity index is 1.64. The lowest BCUT2D eigenvalue weighted by Crippen LogP contribution is -2.41. The zero-order chi connectivity index (χ0) is 21.0. The summed E-state index contributed by atoms with van der Waals surface area (Å²) < 4.78 is 17.5. The van der Waals surface area contributed by atoms with E-state index in [1.807, 2.05) is 91.0 Å². The summed E-state index contributed by atoms with van der Waals surface area (Å²) in [6.45, 7) is 0.935. The predicted molar refractivity (Wildman–Crippen MR) is 114 cm³/mol. The smallest absolute Gasteiger partial charge is 0.335 e. The first kappa shape index (κ1) is 21.7. The van der Waals surface area contributed by atoms with Crippen LogP contribution in [-0.4, -0.2) is 29.9 Å². The molecule has 0 heterocycles. The Labute approximate surface area is 176 Å². The van der Waals surface area contributed by atoms with Crippen LogP contribution in [-0.2, 0) is 38.8 Å². The SMILES string of the molecule is O=C(O)[C@@H](OCc1ccccc1)[C@@H](COCc1ccccc1)OCc1ccccc1. The lowest BCUT2D eigenvalue weighted by atomic mass is 10.2. The monoisotopic (exact) mass is 406 g/mol. The van der Waals surface area contributed by atoms with Gasteiger partial charge in [0.2, 0.25) is 0 Å². The van der Waals surface area contributed by atoms with Crippen LogP contribution in [0.2, 0.25) is 0 Å². The molecule has 0 saturated carbocycles. The van der Waals surface area contributed by atoms with Crippen molar-refractivity contribution in [2.45, 2.75) is 32.0 Å². The van der Waals surface area contributed by atoms with Gasteiger partial charge in [0, 0.05) is 0 Å². The zero-order valence-corrected chi connectivity index (χ0v) is 16.7. The van der Waals surface area contributed by atoms with Gasteiger partial charge in [-0.25, -0.2) is 4.79 Å². The fraction of sp³-hybridized carbons (Fsp3) is 0.240. The maximum absolute atomic E-state index is 11.9. The quantitative estimate of drug-likeness (QED) is 0.481. The third-order valence-electron chi connectivity index (χ3n) is 4.55. The molecule has 0 aliphatic carbocycles. The van der Waals surface area contributed by atoms with E-state index in [0.29, 0.717) is 6.61 Å². The van der Waals surface area contributed by atoms with E-state index < -0.39 is 18.2 Å². The Bertz CT molecular complexity index is 868. The van der Waals surface area contributed by atoms with Gasteiger partial charge in [0.1, 0.15) is 6.10 Å². The van der Waals surface area contributed by atoms with Gasteiger partial charge in [0.05, 0.1) is 26.4 Å². The average Bonchev–Trinajstić information content (AvgIpc) is 2.79. The molecule has 1 N–H and O–H groups in total. The summed E-state index contributed by atoms with van der Waals surface area (Å²) in [5, 5.41) is 9.77. The number of hydrogen-bond donors (Lipinski definition) is 1. The highest BCUT2D eigenvalue weighted by molar-refractivity contribution is 5.73. The van der Waals surface area contributed by atoms with Crippen molar-refractivity contribution in [2.75, 3.05) is 6.61 Å². The lowest BCUT2D eigenvalue weighted by Gasteiger charge is -2.25. The van der Waals surface area contributed by atoms with Crippen molar-refractivity contribution in [3.8, 4) is 0 Å². The van der Waals surface area contributed by atoms with Crippen molar-refractivity contribution in [3.05, 3.63) is 108 Å². The Morgan fingerprint density at radius 2 is 1.10 bits per heavy atom. The first-order valence-electron chi connectivity index (χ1n) is 9.88. The molecule has 5 nitrogen and oxygen atoms in total. The number of carboxylic acids is 1. The van der Waals surface area contributed by atoms with E-state index in [1.165, 1.54) is 0 Å². The second-order valence-corrected chi connectivity index (χ2v) is 6.89. The van der Waals surface area contributed by atoms with Crippen LogP contribution in [0, 0.1) is 0 Å². The molecule has 0 bridgehead atoms. The van der Waals surface area contributed by atoms with Crippen molar-refractivity contribution in [1.82, 2.24) is 0 Å². The van der Waals surface area contributed by atoms with E-state index in [0.717, 1.165) is 16.7 Å². The van der Waals surface area contributed by atoms with E-state index in [9.17, 15) is 9.90 Å². The molecule has 0 aromatic heterocycles. The van der Waals surface area contributed by atoms with Gasteiger partial charge < -0.3 is 19.3 Å². The van der Waals surface area contributed by atoms with Crippen LogP contribution in [0.4, 0.5) is 0 Å². The van der Waals surface area contributed by atoms with Crippen molar-refractivity contribution < 1.29 is 24.1 Å². The summed E-state index contributed by atoms with van der Waals surface area (Å²) in [5.41, 5.74) is 2.87. The molecule has 0 unspecified atom stereocenters. The maximum atomic E-state index is 11.9. The number of carboxylic acid groups (broad SMARTS) is 1. The number of carbonyl (C=O) groups is 1. The van der Waals surface area contributed by atoms with E-state index in [-0.39, 0.29) is 19.8 Å². The average molecular weight is 406 g/mol. The van der Waals surface area contributed by atoms with Crippen LogP contribution in [0.1, 0.15) is 16.7 Å². The molecule has 156 valence electrons. The molecular weight excluding hydrogens is 380 g/mol. The maximum Gasteiger partial charge on any atom is 0.335 e. The van der Waals surface area contributed by atoms with Crippen LogP contribution in [0.25, 0.3) is 0 Å². The molecule has 3 aromatic carbocycles. The number of rotatable bonds is 12. The normalized spacial score (nSPS) is 12.9. The molecule has 5 heteroatoms. The second kappa shape index (κ2) is 11.9. The zero-order valence-electron chi connectivity index (χ0n) is 16.7. The summed E-state index contributed by atoms with van der Waals surface area (Å²) >= 11 is 0. The number of aliphatic carboxylic acids is 1. The number of ether oxygens (including phenoxy) is 3. The van der Waals surface area contributed by atoms with Crippen LogP contribution >= 0.6 is 0 Å². The standard InChI is InChI=1S/C25H26O5/c26-25(27)24(30-18-22-14-8-3-9-15-22)23(29-17-21-12-6-2-7-13-21)19-28-16-20-10-4-1-5-11-20/h1-15,23-24H,16-19H2,(H,26,27)/t23-,24+/m1/s1. The lowest BCUT2D eigenvalue weighted by molar-refractivity contribution is -0.170. The predicted octanol–water partition coefficient (Wildman–Crippen LogP) is 4.46. The van der Waals surface area contributed by atoms with Gasteiger partial charge in [-0.15, -0.1) is 0 Å². The molecule has 30 heavy (non-hydrogen) atoms. The third kappa shape index (κ3) is 7.12. The fourth-order valence-corrected chi connectivity index (χ4v) is 2.97. The number of benzene rings is 3. The Morgan fingerprint density at radius 3 is 1.57 bits per heavy atom. The summed E-state index contributed by atoms with van der Waals surface area (Å²) in [6.07, 6.45) is -1.90. The van der Waals surface area contributed by atoms with Gasteiger partial charge in [0.15, 0.2) is 6.10 Å². The van der Waals surface area contributed by atoms with E-state index in [1.54, 1.807) is 0 Å². The largest absolute Gasteiger partial charge is 0.479 e. The van der Waals surface area contributed by atoms with Crippen molar-refractivity contribution in [2.24, 2.45) is 0 Å². The first-order chi connectivity index (χ1) is 14.7. The second-order valence-electron chi connectivity index (χ2n) is 6.89. The summed E-state index contributed by atoms with van der Waals surface area (Å²) in [6, 6.07) is 28.8. The van der Waals surface area contributed by atoms with Gasteiger partial charge >= 0.3 is 5.97 Å². The van der Waals surface area contributed by atoms with Crippen molar-refractivity contribution in [3.63, 3.8) is 0 Å². The molecule has 2 atom stereocenters. The van der Waals surface area contributed by atoms with Gasteiger partial charge in [-0.1, -0.05) is 91.0 Å². The molecule has 3 rings (SSSR count). The van der Waals surface area contributed by atoms with Crippen LogP contribution < -0.4 is 0 Å². The molecule has 0 saturated heterocycles. The van der Waals surface area contributed by atoms with Gasteiger partial charge in [-0.3, -0.25) is 0 Å². The Kier molecular flexibility index (Phi) is 8.60. The van der Waals surface area contributed by atoms with Crippen molar-refractivity contribution >= 4 is 5.97 Å². The minimum Gasteiger partial charge on any atom is -0.479 e. The highest BCUT2D eigenvalue weighted by Crippen LogP contribution is 2.14. The molecule has 0 fully saturated rings. The van der Waals surface area contributed by atoms with E-state index >= 15 is 0 Å². The minimum absolute atomic E-state index is 0.105. The van der Waals surface area contributed by atoms with Crippen LogP contribution in [0.3, 0.4) is 0 Å². The molecular formula is C25H26O5. The summed E-state index contributed by atoms with van der Waals surface area (Å²) in [5.74, 6) is -1.08. The molecule has 0 spiro atoms. The van der Waals surface area contributed by atoms with Gasteiger partial charge in [-0.2, -0.15) is 0 Å². The molecule has 0 aliphatic heterocycles. The highest BCUT2D eigenvalue weighted by Gasteiger charge is 2.30. The van der Waals surface area contributed by atoms with Crippen molar-refractivity contribution in [1.29, 1.82) is 0 Å². The van der Waals surface area contributed by atoms with Gasteiger partial charge in [-0.05, 0) is 16.7 Å². The summed E-state index contributed by atoms with van der Waals surface area (Å²) in [4.78, 5) is 11.9.